The van der Waals surface area contributed by atoms with Crippen LogP contribution in [0.1, 0.15) is 63.2 Å². The van der Waals surface area contributed by atoms with E-state index < -0.39 is 0 Å². The zero-order valence-electron chi connectivity index (χ0n) is 10.7. The number of carbonyl (C=O) groups is 1. The van der Waals surface area contributed by atoms with Gasteiger partial charge in [0.1, 0.15) is 11.6 Å². The smallest absolute Gasteiger partial charge is 0.138 e. The first-order valence-electron chi connectivity index (χ1n) is 5.81. The van der Waals surface area contributed by atoms with Gasteiger partial charge in [-0.15, -0.1) is 0 Å². The van der Waals surface area contributed by atoms with Crippen molar-refractivity contribution in [2.24, 2.45) is 0 Å². The van der Waals surface area contributed by atoms with Crippen LogP contribution in [0.2, 0.25) is 0 Å². The van der Waals surface area contributed by atoms with Crippen LogP contribution in [0, 0.1) is 6.92 Å². The number of hydrogen-bond acceptors (Lipinski definition) is 3. The highest BCUT2D eigenvalue weighted by molar-refractivity contribution is 5.82. The normalized spacial score (nSPS) is 12.9. The summed E-state index contributed by atoms with van der Waals surface area (Å²) in [5, 5.41) is 0. The standard InChI is InChI=1S/C13H20N2O/c1-6-11(10(5)16)12-7-9(4)14-13(15-12)8(2)3/h7-8,11H,6H2,1-5H3. The average molecular weight is 220 g/mol. The van der Waals surface area contributed by atoms with Gasteiger partial charge in [0.25, 0.3) is 0 Å². The van der Waals surface area contributed by atoms with Gasteiger partial charge in [0.2, 0.25) is 0 Å². The Balaban J connectivity index is 3.17. The van der Waals surface area contributed by atoms with Crippen molar-refractivity contribution in [2.75, 3.05) is 0 Å². The van der Waals surface area contributed by atoms with E-state index in [-0.39, 0.29) is 11.7 Å². The van der Waals surface area contributed by atoms with E-state index >= 15 is 0 Å². The number of rotatable bonds is 4. The first-order valence-corrected chi connectivity index (χ1v) is 5.81. The molecule has 0 fully saturated rings. The summed E-state index contributed by atoms with van der Waals surface area (Å²) in [6.07, 6.45) is 0.795. The van der Waals surface area contributed by atoms with Crippen molar-refractivity contribution < 1.29 is 4.79 Å². The Morgan fingerprint density at radius 1 is 1.38 bits per heavy atom. The molecule has 0 saturated carbocycles. The molecule has 3 heteroatoms. The molecular weight excluding hydrogens is 200 g/mol. The van der Waals surface area contributed by atoms with Crippen LogP contribution >= 0.6 is 0 Å². The Labute approximate surface area is 97.3 Å². The predicted octanol–water partition coefficient (Wildman–Crippen LogP) is 2.99. The van der Waals surface area contributed by atoms with E-state index in [1.807, 2.05) is 19.9 Å². The third-order valence-corrected chi connectivity index (χ3v) is 2.66. The van der Waals surface area contributed by atoms with Gasteiger partial charge in [-0.25, -0.2) is 9.97 Å². The fourth-order valence-electron chi connectivity index (χ4n) is 1.76. The van der Waals surface area contributed by atoms with Gasteiger partial charge in [-0.3, -0.25) is 4.79 Å². The van der Waals surface area contributed by atoms with E-state index in [1.165, 1.54) is 0 Å². The van der Waals surface area contributed by atoms with Gasteiger partial charge >= 0.3 is 0 Å². The second-order valence-electron chi connectivity index (χ2n) is 4.52. The maximum Gasteiger partial charge on any atom is 0.138 e. The lowest BCUT2D eigenvalue weighted by Crippen LogP contribution is -2.12. The third-order valence-electron chi connectivity index (χ3n) is 2.66. The fourth-order valence-corrected chi connectivity index (χ4v) is 1.76. The minimum atomic E-state index is -0.0841. The van der Waals surface area contributed by atoms with E-state index in [9.17, 15) is 4.79 Å². The van der Waals surface area contributed by atoms with Gasteiger partial charge in [-0.1, -0.05) is 20.8 Å². The number of Topliss-reactive ketones (excluding diaryl/α,β-unsaturated/α-hetero) is 1. The van der Waals surface area contributed by atoms with Crippen LogP contribution in [-0.2, 0) is 4.79 Å². The van der Waals surface area contributed by atoms with Crippen LogP contribution in [0.4, 0.5) is 0 Å². The third kappa shape index (κ3) is 2.87. The van der Waals surface area contributed by atoms with E-state index in [4.69, 9.17) is 0 Å². The maximum atomic E-state index is 11.5. The van der Waals surface area contributed by atoms with E-state index in [0.29, 0.717) is 5.92 Å². The fraction of sp³-hybridized carbons (Fsp3) is 0.615. The van der Waals surface area contributed by atoms with Crippen LogP contribution in [0.15, 0.2) is 6.07 Å². The molecule has 0 aliphatic heterocycles. The topological polar surface area (TPSA) is 42.9 Å². The highest BCUT2D eigenvalue weighted by Crippen LogP contribution is 2.21. The number of nitrogens with zero attached hydrogens (tertiary/aromatic N) is 2. The van der Waals surface area contributed by atoms with Crippen LogP contribution in [0.25, 0.3) is 0 Å². The Kier molecular flexibility index (Phi) is 4.16. The van der Waals surface area contributed by atoms with Gasteiger partial charge < -0.3 is 0 Å². The van der Waals surface area contributed by atoms with Crippen molar-refractivity contribution in [3.63, 3.8) is 0 Å². The van der Waals surface area contributed by atoms with E-state index in [1.54, 1.807) is 6.92 Å². The van der Waals surface area contributed by atoms with Gasteiger partial charge in [0.15, 0.2) is 0 Å². The lowest BCUT2D eigenvalue weighted by molar-refractivity contribution is -0.118. The van der Waals surface area contributed by atoms with Gasteiger partial charge in [0.05, 0.1) is 11.6 Å². The Hall–Kier alpha value is -1.25. The second-order valence-corrected chi connectivity index (χ2v) is 4.52. The molecule has 0 spiro atoms. The molecule has 1 atom stereocenters. The SMILES string of the molecule is CCC(C(C)=O)c1cc(C)nc(C(C)C)n1. The Bertz CT molecular complexity index is 386. The zero-order chi connectivity index (χ0) is 12.3. The quantitative estimate of drug-likeness (QED) is 0.783. The maximum absolute atomic E-state index is 11.5. The summed E-state index contributed by atoms with van der Waals surface area (Å²) in [6, 6.07) is 1.92. The molecule has 0 aliphatic rings. The van der Waals surface area contributed by atoms with Gasteiger partial charge in [-0.05, 0) is 26.3 Å². The minimum absolute atomic E-state index is 0.0841. The number of hydrogen-bond donors (Lipinski definition) is 0. The van der Waals surface area contributed by atoms with Gasteiger partial charge in [-0.2, -0.15) is 0 Å². The molecular formula is C13H20N2O. The van der Waals surface area contributed by atoms with Crippen LogP contribution < -0.4 is 0 Å². The lowest BCUT2D eigenvalue weighted by Gasteiger charge is -2.13. The Morgan fingerprint density at radius 3 is 2.44 bits per heavy atom. The molecule has 1 unspecified atom stereocenters. The summed E-state index contributed by atoms with van der Waals surface area (Å²) in [4.78, 5) is 20.4. The molecule has 0 radical (unpaired) electrons. The molecule has 0 aromatic carbocycles. The van der Waals surface area contributed by atoms with Crippen molar-refractivity contribution in [3.8, 4) is 0 Å². The summed E-state index contributed by atoms with van der Waals surface area (Å²) < 4.78 is 0. The van der Waals surface area contributed by atoms with Crippen molar-refractivity contribution >= 4 is 5.78 Å². The largest absolute Gasteiger partial charge is 0.299 e. The van der Waals surface area contributed by atoms with Crippen LogP contribution in [-0.4, -0.2) is 15.8 Å². The highest BCUT2D eigenvalue weighted by Gasteiger charge is 2.18. The second kappa shape index (κ2) is 5.19. The van der Waals surface area contributed by atoms with Crippen LogP contribution in [0.3, 0.4) is 0 Å². The molecule has 0 amide bonds. The van der Waals surface area contributed by atoms with Gasteiger partial charge in [0, 0.05) is 11.6 Å². The molecule has 16 heavy (non-hydrogen) atoms. The van der Waals surface area contributed by atoms with Crippen molar-refractivity contribution in [1.29, 1.82) is 0 Å². The molecule has 1 aromatic heterocycles. The lowest BCUT2D eigenvalue weighted by atomic mass is 9.97. The van der Waals surface area contributed by atoms with Crippen molar-refractivity contribution in [1.82, 2.24) is 9.97 Å². The first kappa shape index (κ1) is 12.8. The predicted molar refractivity (Wildman–Crippen MR) is 64.6 cm³/mol. The van der Waals surface area contributed by atoms with E-state index in [2.05, 4.69) is 23.8 Å². The monoisotopic (exact) mass is 220 g/mol. The number of aromatic nitrogens is 2. The molecule has 1 heterocycles. The number of carbonyl (C=O) groups excluding carboxylic acids is 1. The Morgan fingerprint density at radius 2 is 2.00 bits per heavy atom. The van der Waals surface area contributed by atoms with E-state index in [0.717, 1.165) is 23.6 Å². The summed E-state index contributed by atoms with van der Waals surface area (Å²) >= 11 is 0. The molecule has 1 aromatic rings. The molecule has 0 aliphatic carbocycles. The number of ketones is 1. The molecule has 1 rings (SSSR count). The van der Waals surface area contributed by atoms with Crippen molar-refractivity contribution in [2.45, 2.75) is 52.9 Å². The highest BCUT2D eigenvalue weighted by atomic mass is 16.1. The minimum Gasteiger partial charge on any atom is -0.299 e. The van der Waals surface area contributed by atoms with Crippen molar-refractivity contribution in [3.05, 3.63) is 23.3 Å². The zero-order valence-corrected chi connectivity index (χ0v) is 10.7. The summed E-state index contributed by atoms with van der Waals surface area (Å²) in [5.74, 6) is 1.22. The summed E-state index contributed by atoms with van der Waals surface area (Å²) in [7, 11) is 0. The molecule has 0 bridgehead atoms. The summed E-state index contributed by atoms with van der Waals surface area (Å²) in [5.41, 5.74) is 1.81. The average Bonchev–Trinajstić information content (AvgIpc) is 2.17. The molecule has 3 nitrogen and oxygen atoms in total. The van der Waals surface area contributed by atoms with Crippen LogP contribution in [0.5, 0.6) is 0 Å². The molecule has 0 N–H and O–H groups in total. The summed E-state index contributed by atoms with van der Waals surface area (Å²) in [6.45, 7) is 9.71. The molecule has 0 saturated heterocycles. The molecule has 88 valence electrons. The first-order chi connectivity index (χ1) is 7.45. The number of aryl methyl sites for hydroxylation is 1.